The molecular formula is C17H18ClFN2O3S. The smallest absolute Gasteiger partial charge is 0.248 e. The second-order valence-electron chi connectivity index (χ2n) is 5.46. The lowest BCUT2D eigenvalue weighted by molar-refractivity contribution is -0.117. The Hall–Kier alpha value is -2.12. The number of nitrogens with zero attached hydrogens (tertiary/aromatic N) is 1. The van der Waals surface area contributed by atoms with Crippen molar-refractivity contribution < 1.29 is 17.6 Å². The van der Waals surface area contributed by atoms with Gasteiger partial charge >= 0.3 is 0 Å². The summed E-state index contributed by atoms with van der Waals surface area (Å²) < 4.78 is 38.9. The molecule has 0 aromatic heterocycles. The highest BCUT2D eigenvalue weighted by Crippen LogP contribution is 2.26. The van der Waals surface area contributed by atoms with E-state index in [-0.39, 0.29) is 17.8 Å². The first-order valence-corrected chi connectivity index (χ1v) is 9.76. The van der Waals surface area contributed by atoms with E-state index in [2.05, 4.69) is 5.32 Å². The van der Waals surface area contributed by atoms with Crippen molar-refractivity contribution in [3.63, 3.8) is 0 Å². The lowest BCUT2D eigenvalue weighted by Gasteiger charge is -2.30. The maximum atomic E-state index is 13.3. The van der Waals surface area contributed by atoms with E-state index >= 15 is 0 Å². The fourth-order valence-electron chi connectivity index (χ4n) is 2.47. The first kappa shape index (κ1) is 19.2. The molecule has 0 aliphatic rings. The Labute approximate surface area is 151 Å². The molecule has 0 saturated heterocycles. The zero-order valence-electron chi connectivity index (χ0n) is 13.7. The molecule has 0 saturated carbocycles. The van der Waals surface area contributed by atoms with Crippen molar-refractivity contribution in [2.75, 3.05) is 15.9 Å². The summed E-state index contributed by atoms with van der Waals surface area (Å²) in [4.78, 5) is 12.6. The topological polar surface area (TPSA) is 66.5 Å². The Balaban J connectivity index is 2.38. The van der Waals surface area contributed by atoms with Crippen LogP contribution in [-0.4, -0.2) is 26.6 Å². The third kappa shape index (κ3) is 4.93. The monoisotopic (exact) mass is 384 g/mol. The average molecular weight is 385 g/mol. The van der Waals surface area contributed by atoms with Gasteiger partial charge in [0.2, 0.25) is 15.9 Å². The lowest BCUT2D eigenvalue weighted by Crippen LogP contribution is -2.47. The Kier molecular flexibility index (Phi) is 6.02. The molecule has 1 N–H and O–H groups in total. The predicted octanol–water partition coefficient (Wildman–Crippen LogP) is 3.66. The lowest BCUT2D eigenvalue weighted by atomic mass is 10.2. The Morgan fingerprint density at radius 3 is 2.48 bits per heavy atom. The molecule has 0 aliphatic heterocycles. The number of rotatable bonds is 6. The van der Waals surface area contributed by atoms with Gasteiger partial charge in [-0.15, -0.1) is 0 Å². The second kappa shape index (κ2) is 7.84. The minimum atomic E-state index is -3.75. The van der Waals surface area contributed by atoms with Gasteiger partial charge in [0.15, 0.2) is 0 Å². The summed E-state index contributed by atoms with van der Waals surface area (Å²) in [5.41, 5.74) is 0.541. The predicted molar refractivity (Wildman–Crippen MR) is 97.9 cm³/mol. The van der Waals surface area contributed by atoms with E-state index in [1.807, 2.05) is 0 Å². The molecule has 0 aliphatic carbocycles. The summed E-state index contributed by atoms with van der Waals surface area (Å²) in [5.74, 6) is -1.06. The largest absolute Gasteiger partial charge is 0.324 e. The number of carbonyl (C=O) groups is 1. The van der Waals surface area contributed by atoms with Crippen LogP contribution in [-0.2, 0) is 14.8 Å². The maximum absolute atomic E-state index is 13.3. The van der Waals surface area contributed by atoms with Crippen LogP contribution in [0.15, 0.2) is 48.5 Å². The van der Waals surface area contributed by atoms with E-state index in [0.717, 1.165) is 16.6 Å². The molecule has 0 radical (unpaired) electrons. The van der Waals surface area contributed by atoms with Gasteiger partial charge in [-0.25, -0.2) is 12.8 Å². The zero-order chi connectivity index (χ0) is 18.6. The van der Waals surface area contributed by atoms with Crippen molar-refractivity contribution in [1.29, 1.82) is 0 Å². The number of hydrogen-bond acceptors (Lipinski definition) is 3. The SMILES string of the molecule is CCC(C(=O)Nc1cccc(F)c1)N(c1cccc(Cl)c1)S(C)(=O)=O. The molecule has 5 nitrogen and oxygen atoms in total. The van der Waals surface area contributed by atoms with Crippen molar-refractivity contribution in [2.45, 2.75) is 19.4 Å². The number of sulfonamides is 1. The van der Waals surface area contributed by atoms with E-state index in [1.165, 1.54) is 24.3 Å². The van der Waals surface area contributed by atoms with Gasteiger partial charge in [-0.3, -0.25) is 9.10 Å². The number of amides is 1. The van der Waals surface area contributed by atoms with Crippen LogP contribution in [0.25, 0.3) is 0 Å². The van der Waals surface area contributed by atoms with Crippen LogP contribution in [0.5, 0.6) is 0 Å². The van der Waals surface area contributed by atoms with E-state index in [0.29, 0.717) is 5.02 Å². The van der Waals surface area contributed by atoms with Gasteiger partial charge in [0.1, 0.15) is 11.9 Å². The molecule has 0 heterocycles. The Morgan fingerprint density at radius 1 is 1.24 bits per heavy atom. The van der Waals surface area contributed by atoms with Gasteiger partial charge in [-0.05, 0) is 42.8 Å². The fraction of sp³-hybridized carbons (Fsp3) is 0.235. The third-order valence-electron chi connectivity index (χ3n) is 3.48. The van der Waals surface area contributed by atoms with E-state index in [1.54, 1.807) is 25.1 Å². The average Bonchev–Trinajstić information content (AvgIpc) is 2.51. The molecule has 2 aromatic rings. The third-order valence-corrected chi connectivity index (χ3v) is 4.90. The molecule has 0 bridgehead atoms. The first-order chi connectivity index (χ1) is 11.7. The van der Waals surface area contributed by atoms with Crippen LogP contribution in [0.3, 0.4) is 0 Å². The van der Waals surface area contributed by atoms with Crippen LogP contribution in [0.2, 0.25) is 5.02 Å². The summed E-state index contributed by atoms with van der Waals surface area (Å²) in [6.07, 6.45) is 1.24. The van der Waals surface area contributed by atoms with Crippen molar-refractivity contribution in [2.24, 2.45) is 0 Å². The van der Waals surface area contributed by atoms with E-state index < -0.39 is 27.8 Å². The normalized spacial score (nSPS) is 12.5. The number of hydrogen-bond donors (Lipinski definition) is 1. The number of carbonyl (C=O) groups excluding carboxylic acids is 1. The van der Waals surface area contributed by atoms with Crippen LogP contribution in [0.1, 0.15) is 13.3 Å². The van der Waals surface area contributed by atoms with Crippen LogP contribution in [0, 0.1) is 5.82 Å². The number of benzene rings is 2. The van der Waals surface area contributed by atoms with E-state index in [4.69, 9.17) is 11.6 Å². The van der Waals surface area contributed by atoms with Gasteiger partial charge in [-0.2, -0.15) is 0 Å². The summed E-state index contributed by atoms with van der Waals surface area (Å²) in [7, 11) is -3.75. The highest BCUT2D eigenvalue weighted by molar-refractivity contribution is 7.92. The second-order valence-corrected chi connectivity index (χ2v) is 7.76. The van der Waals surface area contributed by atoms with Gasteiger partial charge in [0, 0.05) is 10.7 Å². The highest BCUT2D eigenvalue weighted by Gasteiger charge is 2.31. The molecular weight excluding hydrogens is 367 g/mol. The maximum Gasteiger partial charge on any atom is 0.248 e. The van der Waals surface area contributed by atoms with Gasteiger partial charge in [-0.1, -0.05) is 30.7 Å². The molecule has 2 rings (SSSR count). The molecule has 8 heteroatoms. The molecule has 1 atom stereocenters. The first-order valence-electron chi connectivity index (χ1n) is 7.53. The van der Waals surface area contributed by atoms with Crippen molar-refractivity contribution in [3.8, 4) is 0 Å². The van der Waals surface area contributed by atoms with Crippen LogP contribution < -0.4 is 9.62 Å². The van der Waals surface area contributed by atoms with Crippen LogP contribution >= 0.6 is 11.6 Å². The standard InChI is InChI=1S/C17H18ClFN2O3S/c1-3-16(17(22)20-14-8-5-7-13(19)11-14)21(25(2,23)24)15-9-4-6-12(18)10-15/h4-11,16H,3H2,1-2H3,(H,20,22). The van der Waals surface area contributed by atoms with E-state index in [9.17, 15) is 17.6 Å². The van der Waals surface area contributed by atoms with Crippen molar-refractivity contribution in [3.05, 3.63) is 59.4 Å². The molecule has 2 aromatic carbocycles. The summed E-state index contributed by atoms with van der Waals surface area (Å²) in [6.45, 7) is 1.69. The van der Waals surface area contributed by atoms with Gasteiger partial charge < -0.3 is 5.32 Å². The Bertz CT molecular complexity index is 874. The summed E-state index contributed by atoms with van der Waals surface area (Å²) >= 11 is 5.95. The zero-order valence-corrected chi connectivity index (χ0v) is 15.3. The van der Waals surface area contributed by atoms with Gasteiger partial charge in [0.25, 0.3) is 0 Å². The number of nitrogens with one attached hydrogen (secondary N) is 1. The molecule has 1 unspecified atom stereocenters. The minimum absolute atomic E-state index is 0.223. The molecule has 0 spiro atoms. The quantitative estimate of drug-likeness (QED) is 0.826. The fourth-order valence-corrected chi connectivity index (χ4v) is 3.85. The number of halogens is 2. The van der Waals surface area contributed by atoms with Crippen LogP contribution in [0.4, 0.5) is 15.8 Å². The summed E-state index contributed by atoms with van der Waals surface area (Å²) in [6, 6.07) is 10.6. The highest BCUT2D eigenvalue weighted by atomic mass is 35.5. The van der Waals surface area contributed by atoms with Crippen molar-refractivity contribution in [1.82, 2.24) is 0 Å². The molecule has 25 heavy (non-hydrogen) atoms. The minimum Gasteiger partial charge on any atom is -0.324 e. The Morgan fingerprint density at radius 2 is 1.92 bits per heavy atom. The summed E-state index contributed by atoms with van der Waals surface area (Å²) in [5, 5.41) is 2.91. The van der Waals surface area contributed by atoms with Crippen molar-refractivity contribution >= 4 is 38.9 Å². The molecule has 1 amide bonds. The number of anilines is 2. The molecule has 0 fully saturated rings. The molecule has 134 valence electrons. The van der Waals surface area contributed by atoms with Gasteiger partial charge in [0.05, 0.1) is 11.9 Å².